The molecule has 0 fully saturated rings. The first-order valence-electron chi connectivity index (χ1n) is 5.12. The fraction of sp³-hybridized carbons (Fsp3) is 0.556. The highest BCUT2D eigenvalue weighted by Crippen LogP contribution is 2.15. The van der Waals surface area contributed by atoms with Crippen molar-refractivity contribution in [3.63, 3.8) is 0 Å². The van der Waals surface area contributed by atoms with Gasteiger partial charge in [0.05, 0.1) is 6.42 Å². The molecule has 1 N–H and O–H groups in total. The molecule has 2 aromatic rings. The monoisotopic (exact) mass is 240 g/mol. The van der Waals surface area contributed by atoms with Crippen molar-refractivity contribution in [1.29, 1.82) is 0 Å². The van der Waals surface area contributed by atoms with Crippen LogP contribution in [0.1, 0.15) is 30.6 Å². The summed E-state index contributed by atoms with van der Waals surface area (Å²) in [4.78, 5) is 11.2. The first kappa shape index (κ1) is 11.0. The van der Waals surface area contributed by atoms with Crippen LogP contribution in [0.4, 0.5) is 0 Å². The van der Waals surface area contributed by atoms with Gasteiger partial charge in [-0.15, -0.1) is 10.2 Å². The van der Waals surface area contributed by atoms with E-state index >= 15 is 0 Å². The molecule has 0 bridgehead atoms. The molecule has 0 unspecified atom stereocenters. The Morgan fingerprint density at radius 1 is 1.44 bits per heavy atom. The predicted octanol–water partition coefficient (Wildman–Crippen LogP) is 1.16. The van der Waals surface area contributed by atoms with E-state index in [2.05, 4.69) is 22.2 Å². The van der Waals surface area contributed by atoms with E-state index in [0.29, 0.717) is 6.42 Å². The van der Waals surface area contributed by atoms with Crippen LogP contribution < -0.4 is 0 Å². The minimum Gasteiger partial charge on any atom is -0.481 e. The Morgan fingerprint density at radius 3 is 2.94 bits per heavy atom. The van der Waals surface area contributed by atoms with Crippen molar-refractivity contribution >= 4 is 22.3 Å². The largest absolute Gasteiger partial charge is 0.481 e. The highest BCUT2D eigenvalue weighted by Gasteiger charge is 2.11. The molecule has 0 aromatic carbocycles. The van der Waals surface area contributed by atoms with Crippen LogP contribution in [0, 0.1) is 0 Å². The molecule has 2 heterocycles. The number of aromatic nitrogens is 4. The molecule has 2 rings (SSSR count). The van der Waals surface area contributed by atoms with E-state index < -0.39 is 5.97 Å². The maximum absolute atomic E-state index is 10.4. The summed E-state index contributed by atoms with van der Waals surface area (Å²) in [6, 6.07) is 0. The number of aliphatic carboxylic acids is 1. The van der Waals surface area contributed by atoms with Gasteiger partial charge in [-0.05, 0) is 6.42 Å². The number of rotatable bonds is 5. The highest BCUT2D eigenvalue weighted by molar-refractivity contribution is 7.16. The number of carboxylic acids is 1. The van der Waals surface area contributed by atoms with Crippen LogP contribution in [-0.4, -0.2) is 30.9 Å². The van der Waals surface area contributed by atoms with E-state index in [1.54, 1.807) is 4.52 Å². The van der Waals surface area contributed by atoms with Crippen molar-refractivity contribution in [1.82, 2.24) is 19.8 Å². The normalized spacial score (nSPS) is 11.1. The molecule has 0 amide bonds. The van der Waals surface area contributed by atoms with Gasteiger partial charge < -0.3 is 5.11 Å². The Labute approximate surface area is 95.9 Å². The molecule has 16 heavy (non-hydrogen) atoms. The van der Waals surface area contributed by atoms with Crippen LogP contribution in [0.2, 0.25) is 0 Å². The van der Waals surface area contributed by atoms with Crippen molar-refractivity contribution in [3.8, 4) is 0 Å². The standard InChI is InChI=1S/C9H12N4O2S/c1-2-3-6-10-11-9-13(6)12-7(16-9)4-5-8(14)15/h2-5H2,1H3,(H,14,15). The summed E-state index contributed by atoms with van der Waals surface area (Å²) in [5.74, 6) is 0.0371. The maximum atomic E-state index is 10.4. The molecule has 0 aliphatic heterocycles. The van der Waals surface area contributed by atoms with Crippen LogP contribution in [0.25, 0.3) is 4.96 Å². The van der Waals surface area contributed by atoms with E-state index in [4.69, 9.17) is 5.11 Å². The third-order valence-electron chi connectivity index (χ3n) is 2.12. The number of nitrogens with zero attached hydrogens (tertiary/aromatic N) is 4. The van der Waals surface area contributed by atoms with Gasteiger partial charge in [-0.25, -0.2) is 0 Å². The van der Waals surface area contributed by atoms with Gasteiger partial charge in [0.1, 0.15) is 5.01 Å². The first-order chi connectivity index (χ1) is 7.70. The summed E-state index contributed by atoms with van der Waals surface area (Å²) in [5.41, 5.74) is 0. The fourth-order valence-electron chi connectivity index (χ4n) is 1.39. The van der Waals surface area contributed by atoms with Crippen molar-refractivity contribution < 1.29 is 9.90 Å². The number of hydrogen-bond donors (Lipinski definition) is 1. The highest BCUT2D eigenvalue weighted by atomic mass is 32.1. The summed E-state index contributed by atoms with van der Waals surface area (Å²) in [6.07, 6.45) is 2.38. The van der Waals surface area contributed by atoms with Gasteiger partial charge in [0, 0.05) is 12.8 Å². The number of hydrogen-bond acceptors (Lipinski definition) is 5. The number of fused-ring (bicyclic) bond motifs is 1. The summed E-state index contributed by atoms with van der Waals surface area (Å²) in [5, 5.41) is 21.7. The molecule has 0 saturated heterocycles. The van der Waals surface area contributed by atoms with Crippen LogP contribution in [0.3, 0.4) is 0 Å². The SMILES string of the molecule is CCCc1nnc2sc(CCC(=O)O)nn12. The molecular formula is C9H12N4O2S. The zero-order chi connectivity index (χ0) is 11.5. The van der Waals surface area contributed by atoms with E-state index in [1.807, 2.05) is 0 Å². The number of carboxylic acid groups (broad SMARTS) is 1. The van der Waals surface area contributed by atoms with Crippen molar-refractivity contribution in [2.24, 2.45) is 0 Å². The zero-order valence-corrected chi connectivity index (χ0v) is 9.70. The molecule has 0 spiro atoms. The molecule has 7 heteroatoms. The number of aryl methyl sites for hydroxylation is 2. The second kappa shape index (κ2) is 4.56. The summed E-state index contributed by atoms with van der Waals surface area (Å²) >= 11 is 1.40. The lowest BCUT2D eigenvalue weighted by atomic mass is 10.3. The Kier molecular flexibility index (Phi) is 3.14. The Hall–Kier alpha value is -1.50. The summed E-state index contributed by atoms with van der Waals surface area (Å²) < 4.78 is 1.71. The minimum atomic E-state index is -0.806. The molecule has 0 saturated carbocycles. The predicted molar refractivity (Wildman–Crippen MR) is 58.6 cm³/mol. The molecule has 0 radical (unpaired) electrons. The molecular weight excluding hydrogens is 228 g/mol. The minimum absolute atomic E-state index is 0.104. The first-order valence-corrected chi connectivity index (χ1v) is 5.94. The molecule has 0 aliphatic carbocycles. The molecule has 0 aliphatic rings. The quantitative estimate of drug-likeness (QED) is 0.848. The third-order valence-corrected chi connectivity index (χ3v) is 3.08. The maximum Gasteiger partial charge on any atom is 0.303 e. The van der Waals surface area contributed by atoms with Gasteiger partial charge in [0.25, 0.3) is 0 Å². The summed E-state index contributed by atoms with van der Waals surface area (Å²) in [6.45, 7) is 2.07. The van der Waals surface area contributed by atoms with E-state index in [-0.39, 0.29) is 6.42 Å². The molecule has 86 valence electrons. The van der Waals surface area contributed by atoms with Gasteiger partial charge in [-0.3, -0.25) is 4.79 Å². The topological polar surface area (TPSA) is 80.4 Å². The van der Waals surface area contributed by atoms with Gasteiger partial charge in [-0.2, -0.15) is 9.61 Å². The van der Waals surface area contributed by atoms with Gasteiger partial charge >= 0.3 is 5.97 Å². The van der Waals surface area contributed by atoms with Gasteiger partial charge in [0.2, 0.25) is 4.96 Å². The van der Waals surface area contributed by atoms with Gasteiger partial charge in [-0.1, -0.05) is 18.3 Å². The Bertz CT molecular complexity index is 505. The zero-order valence-electron chi connectivity index (χ0n) is 8.88. The second-order valence-corrected chi connectivity index (χ2v) is 4.49. The van der Waals surface area contributed by atoms with E-state index in [0.717, 1.165) is 28.6 Å². The van der Waals surface area contributed by atoms with Crippen molar-refractivity contribution in [3.05, 3.63) is 10.8 Å². The lowest BCUT2D eigenvalue weighted by Crippen LogP contribution is -1.99. The molecule has 2 aromatic heterocycles. The lowest BCUT2D eigenvalue weighted by molar-refractivity contribution is -0.136. The van der Waals surface area contributed by atoms with Crippen LogP contribution in [0.5, 0.6) is 0 Å². The van der Waals surface area contributed by atoms with Crippen molar-refractivity contribution in [2.45, 2.75) is 32.6 Å². The van der Waals surface area contributed by atoms with Gasteiger partial charge in [0.15, 0.2) is 5.82 Å². The lowest BCUT2D eigenvalue weighted by Gasteiger charge is -1.91. The molecule has 0 atom stereocenters. The fourth-order valence-corrected chi connectivity index (χ4v) is 2.24. The van der Waals surface area contributed by atoms with Crippen LogP contribution in [-0.2, 0) is 17.6 Å². The van der Waals surface area contributed by atoms with E-state index in [1.165, 1.54) is 11.3 Å². The van der Waals surface area contributed by atoms with Crippen LogP contribution in [0.15, 0.2) is 0 Å². The smallest absolute Gasteiger partial charge is 0.303 e. The average molecular weight is 240 g/mol. The van der Waals surface area contributed by atoms with E-state index in [9.17, 15) is 4.79 Å². The number of carbonyl (C=O) groups is 1. The molecule has 6 nitrogen and oxygen atoms in total. The second-order valence-electron chi connectivity index (χ2n) is 3.45. The summed E-state index contributed by atoms with van der Waals surface area (Å²) in [7, 11) is 0. The van der Waals surface area contributed by atoms with Crippen molar-refractivity contribution in [2.75, 3.05) is 0 Å². The Balaban J connectivity index is 2.19. The third kappa shape index (κ3) is 2.19. The average Bonchev–Trinajstić information content (AvgIpc) is 2.77. The Morgan fingerprint density at radius 2 is 2.25 bits per heavy atom. The van der Waals surface area contributed by atoms with Crippen LogP contribution >= 0.6 is 11.3 Å².